The van der Waals surface area contributed by atoms with Gasteiger partial charge in [-0.1, -0.05) is 38.1 Å². The van der Waals surface area contributed by atoms with Crippen LogP contribution >= 0.6 is 0 Å². The van der Waals surface area contributed by atoms with Gasteiger partial charge in [0.1, 0.15) is 5.75 Å². The van der Waals surface area contributed by atoms with Crippen LogP contribution in [0.15, 0.2) is 48.5 Å². The first-order valence-electron chi connectivity index (χ1n) is 7.82. The van der Waals surface area contributed by atoms with Gasteiger partial charge in [0.25, 0.3) is 5.91 Å². The third kappa shape index (κ3) is 4.72. The van der Waals surface area contributed by atoms with Crippen molar-refractivity contribution in [2.75, 3.05) is 13.7 Å². The number of benzene rings is 2. The summed E-state index contributed by atoms with van der Waals surface area (Å²) in [6.45, 7) is 3.81. The topological polar surface area (TPSA) is 47.6 Å². The maximum atomic E-state index is 13.5. The molecule has 128 valence electrons. The Labute approximate surface area is 141 Å². The van der Waals surface area contributed by atoms with Crippen LogP contribution in [0.3, 0.4) is 0 Å². The number of nitrogens with one attached hydrogen (secondary N) is 1. The third-order valence-electron chi connectivity index (χ3n) is 3.65. The van der Waals surface area contributed by atoms with Crippen LogP contribution in [0.2, 0.25) is 0 Å². The average Bonchev–Trinajstić information content (AvgIpc) is 2.59. The molecule has 0 aromatic heterocycles. The predicted molar refractivity (Wildman–Crippen MR) is 90.6 cm³/mol. The lowest BCUT2D eigenvalue weighted by atomic mass is 9.96. The van der Waals surface area contributed by atoms with Gasteiger partial charge >= 0.3 is 0 Å². The number of halogens is 1. The highest BCUT2D eigenvalue weighted by Gasteiger charge is 2.19. The number of carbonyl (C=O) groups excluding carboxylic acids is 1. The number of hydrogen-bond donors (Lipinski definition) is 1. The first-order valence-corrected chi connectivity index (χ1v) is 7.82. The standard InChI is InChI=1S/C19H22FNO3/c1-13(2)19(14-8-10-15(23-3)11-9-14)21-18(22)12-24-17-7-5-4-6-16(17)20/h4-11,13,19H,12H2,1-3H3,(H,21,22). The van der Waals surface area contributed by atoms with Gasteiger partial charge in [-0.2, -0.15) is 0 Å². The highest BCUT2D eigenvalue weighted by Crippen LogP contribution is 2.24. The molecule has 4 nitrogen and oxygen atoms in total. The van der Waals surface area contributed by atoms with Gasteiger partial charge in [-0.05, 0) is 35.7 Å². The highest BCUT2D eigenvalue weighted by atomic mass is 19.1. The molecule has 1 atom stereocenters. The number of hydrogen-bond acceptors (Lipinski definition) is 3. The monoisotopic (exact) mass is 331 g/mol. The van der Waals surface area contributed by atoms with Gasteiger partial charge in [-0.3, -0.25) is 4.79 Å². The van der Waals surface area contributed by atoms with Crippen LogP contribution in [0.4, 0.5) is 4.39 Å². The molecule has 0 aliphatic rings. The van der Waals surface area contributed by atoms with E-state index >= 15 is 0 Å². The van der Waals surface area contributed by atoms with Gasteiger partial charge in [0, 0.05) is 0 Å². The van der Waals surface area contributed by atoms with Crippen LogP contribution < -0.4 is 14.8 Å². The fraction of sp³-hybridized carbons (Fsp3) is 0.316. The van der Waals surface area contributed by atoms with Crippen molar-refractivity contribution in [1.29, 1.82) is 0 Å². The molecule has 5 heteroatoms. The van der Waals surface area contributed by atoms with Crippen molar-refractivity contribution in [3.8, 4) is 11.5 Å². The van der Waals surface area contributed by atoms with Crippen molar-refractivity contribution in [1.82, 2.24) is 5.32 Å². The predicted octanol–water partition coefficient (Wildman–Crippen LogP) is 3.73. The van der Waals surface area contributed by atoms with E-state index in [-0.39, 0.29) is 30.2 Å². The van der Waals surface area contributed by atoms with E-state index < -0.39 is 5.82 Å². The van der Waals surface area contributed by atoms with Crippen LogP contribution in [-0.4, -0.2) is 19.6 Å². The van der Waals surface area contributed by atoms with Crippen molar-refractivity contribution in [2.45, 2.75) is 19.9 Å². The molecule has 0 saturated carbocycles. The van der Waals surface area contributed by atoms with Crippen molar-refractivity contribution >= 4 is 5.91 Å². The number of rotatable bonds is 7. The zero-order chi connectivity index (χ0) is 17.5. The fourth-order valence-electron chi connectivity index (χ4n) is 2.37. The smallest absolute Gasteiger partial charge is 0.258 e. The molecule has 24 heavy (non-hydrogen) atoms. The Kier molecular flexibility index (Phi) is 6.18. The van der Waals surface area contributed by atoms with Crippen molar-refractivity contribution in [2.24, 2.45) is 5.92 Å². The Morgan fingerprint density at radius 3 is 2.38 bits per heavy atom. The molecule has 0 heterocycles. The van der Waals surface area contributed by atoms with E-state index in [9.17, 15) is 9.18 Å². The summed E-state index contributed by atoms with van der Waals surface area (Å²) >= 11 is 0. The fourth-order valence-corrected chi connectivity index (χ4v) is 2.37. The maximum Gasteiger partial charge on any atom is 0.258 e. The van der Waals surface area contributed by atoms with Gasteiger partial charge < -0.3 is 14.8 Å². The van der Waals surface area contributed by atoms with E-state index in [4.69, 9.17) is 9.47 Å². The van der Waals surface area contributed by atoms with Crippen molar-refractivity contribution in [3.05, 3.63) is 59.9 Å². The highest BCUT2D eigenvalue weighted by molar-refractivity contribution is 5.78. The second-order valence-corrected chi connectivity index (χ2v) is 5.78. The summed E-state index contributed by atoms with van der Waals surface area (Å²) in [4.78, 5) is 12.2. The molecule has 1 amide bonds. The average molecular weight is 331 g/mol. The SMILES string of the molecule is COc1ccc(C(NC(=O)COc2ccccc2F)C(C)C)cc1. The number of amides is 1. The number of carbonyl (C=O) groups is 1. The Balaban J connectivity index is 1.99. The Morgan fingerprint density at radius 2 is 1.79 bits per heavy atom. The van der Waals surface area contributed by atoms with Gasteiger partial charge in [0.2, 0.25) is 0 Å². The molecule has 2 rings (SSSR count). The molecule has 0 radical (unpaired) electrons. The first-order chi connectivity index (χ1) is 11.5. The molecule has 1 unspecified atom stereocenters. The van der Waals surface area contributed by atoms with E-state index in [1.807, 2.05) is 38.1 Å². The van der Waals surface area contributed by atoms with E-state index in [0.29, 0.717) is 0 Å². The zero-order valence-electron chi connectivity index (χ0n) is 14.1. The largest absolute Gasteiger partial charge is 0.497 e. The minimum Gasteiger partial charge on any atom is -0.497 e. The molecule has 0 aliphatic heterocycles. The number of methoxy groups -OCH3 is 1. The van der Waals surface area contributed by atoms with E-state index in [0.717, 1.165) is 11.3 Å². The normalized spacial score (nSPS) is 11.9. The van der Waals surface area contributed by atoms with Gasteiger partial charge in [0.15, 0.2) is 18.2 Å². The van der Waals surface area contributed by atoms with E-state index in [2.05, 4.69) is 5.32 Å². The molecule has 0 bridgehead atoms. The summed E-state index contributed by atoms with van der Waals surface area (Å²) in [7, 11) is 1.61. The Hall–Kier alpha value is -2.56. The number of ether oxygens (including phenoxy) is 2. The molecule has 0 saturated heterocycles. The molecule has 2 aromatic carbocycles. The molecule has 1 N–H and O–H groups in total. The van der Waals surface area contributed by atoms with Crippen LogP contribution in [0, 0.1) is 11.7 Å². The van der Waals surface area contributed by atoms with Gasteiger partial charge in [-0.25, -0.2) is 4.39 Å². The van der Waals surface area contributed by atoms with E-state index in [1.54, 1.807) is 19.2 Å². The first kappa shape index (κ1) is 17.8. The van der Waals surface area contributed by atoms with Crippen LogP contribution in [0.5, 0.6) is 11.5 Å². The molecule has 2 aromatic rings. The quantitative estimate of drug-likeness (QED) is 0.841. The molecular weight excluding hydrogens is 309 g/mol. The minimum atomic E-state index is -0.485. The van der Waals surface area contributed by atoms with Gasteiger partial charge in [-0.15, -0.1) is 0 Å². The lowest BCUT2D eigenvalue weighted by Crippen LogP contribution is -2.35. The Morgan fingerprint density at radius 1 is 1.12 bits per heavy atom. The van der Waals surface area contributed by atoms with Crippen molar-refractivity contribution in [3.63, 3.8) is 0 Å². The lowest BCUT2D eigenvalue weighted by molar-refractivity contribution is -0.124. The summed E-state index contributed by atoms with van der Waals surface area (Å²) in [6.07, 6.45) is 0. The lowest BCUT2D eigenvalue weighted by Gasteiger charge is -2.23. The molecule has 0 fully saturated rings. The third-order valence-corrected chi connectivity index (χ3v) is 3.65. The molecule has 0 aliphatic carbocycles. The summed E-state index contributed by atoms with van der Waals surface area (Å²) in [5.41, 5.74) is 0.977. The maximum absolute atomic E-state index is 13.5. The van der Waals surface area contributed by atoms with Crippen LogP contribution in [0.1, 0.15) is 25.5 Å². The van der Waals surface area contributed by atoms with Crippen LogP contribution in [-0.2, 0) is 4.79 Å². The van der Waals surface area contributed by atoms with Gasteiger partial charge in [0.05, 0.1) is 13.2 Å². The Bertz CT molecular complexity index is 671. The second kappa shape index (κ2) is 8.34. The summed E-state index contributed by atoms with van der Waals surface area (Å²) in [6, 6.07) is 13.4. The molecule has 0 spiro atoms. The van der Waals surface area contributed by atoms with E-state index in [1.165, 1.54) is 12.1 Å². The zero-order valence-corrected chi connectivity index (χ0v) is 14.1. The number of para-hydroxylation sites is 1. The summed E-state index contributed by atoms with van der Waals surface area (Å²) in [5, 5.41) is 2.93. The molecular formula is C19H22FNO3. The summed E-state index contributed by atoms with van der Waals surface area (Å²) in [5.74, 6) is 0.234. The summed E-state index contributed by atoms with van der Waals surface area (Å²) < 4.78 is 23.9. The minimum absolute atomic E-state index is 0.0678. The van der Waals surface area contributed by atoms with Crippen LogP contribution in [0.25, 0.3) is 0 Å². The second-order valence-electron chi connectivity index (χ2n) is 5.78. The van der Waals surface area contributed by atoms with Crippen molar-refractivity contribution < 1.29 is 18.7 Å².